The van der Waals surface area contributed by atoms with Gasteiger partial charge < -0.3 is 13.9 Å². The van der Waals surface area contributed by atoms with Crippen molar-refractivity contribution in [2.24, 2.45) is 0 Å². The predicted octanol–water partition coefficient (Wildman–Crippen LogP) is 16.2. The summed E-state index contributed by atoms with van der Waals surface area (Å²) >= 11 is 0. The molecule has 0 amide bonds. The topological polar surface area (TPSA) is 21.3 Å². The van der Waals surface area contributed by atoms with Crippen molar-refractivity contribution in [3.05, 3.63) is 253 Å². The molecule has 0 fully saturated rings. The van der Waals surface area contributed by atoms with Crippen LogP contribution >= 0.6 is 0 Å². The number of para-hydroxylation sites is 3. The second-order valence-corrected chi connectivity index (χ2v) is 17.1. The van der Waals surface area contributed by atoms with Gasteiger partial charge >= 0.3 is 0 Å². The molecular weight excluding hydrogens is 777 g/mol. The Bertz CT molecular complexity index is 3750. The maximum Gasteiger partial charge on any atom is 0.159 e. The Morgan fingerprint density at radius 3 is 1.61 bits per heavy atom. The van der Waals surface area contributed by atoms with Gasteiger partial charge in [0.05, 0.1) is 27.8 Å². The summed E-state index contributed by atoms with van der Waals surface area (Å²) in [5.41, 5.74) is 20.6. The molecule has 0 saturated carbocycles. The quantitative estimate of drug-likeness (QED) is 0.173. The van der Waals surface area contributed by atoms with Crippen molar-refractivity contribution in [1.82, 2.24) is 4.57 Å². The van der Waals surface area contributed by atoms with E-state index in [4.69, 9.17) is 4.42 Å². The van der Waals surface area contributed by atoms with E-state index in [2.05, 4.69) is 240 Å². The van der Waals surface area contributed by atoms with Gasteiger partial charge in [0.1, 0.15) is 5.58 Å². The number of anilines is 3. The number of aromatic nitrogens is 1. The molecule has 0 aliphatic heterocycles. The van der Waals surface area contributed by atoms with E-state index >= 15 is 0 Å². The Labute approximate surface area is 370 Å². The highest BCUT2D eigenvalue weighted by Gasteiger charge is 2.52. The molecule has 2 aromatic heterocycles. The lowest BCUT2D eigenvalue weighted by Crippen LogP contribution is -2.26. The molecule has 3 heteroatoms. The average Bonchev–Trinajstić information content (AvgIpc) is 4.09. The number of hydrogen-bond acceptors (Lipinski definition) is 2. The molecule has 0 atom stereocenters. The average molecular weight is 815 g/mol. The lowest BCUT2D eigenvalue weighted by molar-refractivity contribution is 0.666. The molecule has 12 aromatic rings. The van der Waals surface area contributed by atoms with Crippen molar-refractivity contribution in [3.63, 3.8) is 0 Å². The smallest absolute Gasteiger partial charge is 0.159 e. The lowest BCUT2D eigenvalue weighted by Gasteiger charge is -2.31. The molecule has 0 radical (unpaired) electrons. The summed E-state index contributed by atoms with van der Waals surface area (Å²) in [5, 5.41) is 4.63. The fourth-order valence-electron chi connectivity index (χ4n) is 11.4. The summed E-state index contributed by atoms with van der Waals surface area (Å²) in [6.45, 7) is 0. The van der Waals surface area contributed by atoms with E-state index in [1.54, 1.807) is 0 Å². The van der Waals surface area contributed by atoms with Crippen LogP contribution in [-0.2, 0) is 5.41 Å². The maximum absolute atomic E-state index is 7.10. The normalized spacial score (nSPS) is 13.1. The molecule has 1 spiro atoms. The van der Waals surface area contributed by atoms with Crippen LogP contribution in [0.5, 0.6) is 0 Å². The summed E-state index contributed by atoms with van der Waals surface area (Å²) in [6, 6.07) is 84.3. The first-order valence-corrected chi connectivity index (χ1v) is 22.1. The Morgan fingerprint density at radius 1 is 0.375 bits per heavy atom. The van der Waals surface area contributed by atoms with E-state index < -0.39 is 5.41 Å². The largest absolute Gasteiger partial charge is 0.454 e. The van der Waals surface area contributed by atoms with Gasteiger partial charge in [-0.2, -0.15) is 0 Å². The van der Waals surface area contributed by atoms with Crippen LogP contribution in [0.15, 0.2) is 235 Å². The monoisotopic (exact) mass is 814 g/mol. The van der Waals surface area contributed by atoms with E-state index in [1.165, 1.54) is 66.4 Å². The molecule has 0 bridgehead atoms. The first-order valence-electron chi connectivity index (χ1n) is 22.1. The summed E-state index contributed by atoms with van der Waals surface area (Å²) < 4.78 is 9.46. The fourth-order valence-corrected chi connectivity index (χ4v) is 11.4. The molecule has 2 heterocycles. The lowest BCUT2D eigenvalue weighted by atomic mass is 9.70. The summed E-state index contributed by atoms with van der Waals surface area (Å²) in [7, 11) is 0. The van der Waals surface area contributed by atoms with E-state index in [0.29, 0.717) is 0 Å². The first-order chi connectivity index (χ1) is 31.8. The molecule has 0 saturated heterocycles. The minimum Gasteiger partial charge on any atom is -0.454 e. The van der Waals surface area contributed by atoms with Gasteiger partial charge in [-0.3, -0.25) is 0 Å². The molecule has 14 rings (SSSR count). The number of nitrogens with zero attached hydrogens (tertiary/aromatic N) is 2. The van der Waals surface area contributed by atoms with Crippen LogP contribution in [0.3, 0.4) is 0 Å². The second kappa shape index (κ2) is 13.3. The van der Waals surface area contributed by atoms with Gasteiger partial charge in [0.15, 0.2) is 5.58 Å². The van der Waals surface area contributed by atoms with E-state index in [9.17, 15) is 0 Å². The fraction of sp³-hybridized carbons (Fsp3) is 0.0164. The molecule has 298 valence electrons. The maximum atomic E-state index is 7.10. The minimum atomic E-state index is -0.455. The molecule has 64 heavy (non-hydrogen) atoms. The molecule has 2 aliphatic carbocycles. The van der Waals surface area contributed by atoms with Crippen LogP contribution in [0.4, 0.5) is 17.1 Å². The third kappa shape index (κ3) is 4.70. The van der Waals surface area contributed by atoms with Gasteiger partial charge in [0.25, 0.3) is 0 Å². The first kappa shape index (κ1) is 35.2. The van der Waals surface area contributed by atoms with Gasteiger partial charge in [0.2, 0.25) is 0 Å². The van der Waals surface area contributed by atoms with Crippen LogP contribution < -0.4 is 4.90 Å². The zero-order valence-corrected chi connectivity index (χ0v) is 34.7. The van der Waals surface area contributed by atoms with Gasteiger partial charge in [-0.15, -0.1) is 0 Å². The highest BCUT2D eigenvalue weighted by molar-refractivity contribution is 6.13. The highest BCUT2D eigenvalue weighted by Crippen LogP contribution is 2.64. The number of rotatable bonds is 5. The van der Waals surface area contributed by atoms with Crippen LogP contribution in [0.2, 0.25) is 0 Å². The predicted molar refractivity (Wildman–Crippen MR) is 264 cm³/mol. The van der Waals surface area contributed by atoms with Crippen LogP contribution in [0, 0.1) is 0 Å². The third-order valence-corrected chi connectivity index (χ3v) is 14.0. The standard InChI is InChI=1S/C61H38N2O/c1-2-16-39(17-3-1)40-32-34-41(35-33-40)62(56-30-15-27-53-59(56)49-22-6-11-26-52(49)61(53)50-24-9-4-18-43(50)44-19-5-10-25-51(44)61)42-36-37-47-48-23-14-31-57(60(48)64-58(47)38-42)63-54-28-12-7-20-45(54)46-21-8-13-29-55(46)63/h1-38H. The zero-order valence-electron chi connectivity index (χ0n) is 34.7. The van der Waals surface area contributed by atoms with Crippen LogP contribution in [0.1, 0.15) is 22.3 Å². The number of fused-ring (bicyclic) bond motifs is 16. The number of hydrogen-bond donors (Lipinski definition) is 0. The summed E-state index contributed by atoms with van der Waals surface area (Å²) in [4.78, 5) is 2.44. The van der Waals surface area contributed by atoms with Crippen molar-refractivity contribution < 1.29 is 4.42 Å². The van der Waals surface area contributed by atoms with Crippen molar-refractivity contribution in [1.29, 1.82) is 0 Å². The summed E-state index contributed by atoms with van der Waals surface area (Å²) in [5.74, 6) is 0. The van der Waals surface area contributed by atoms with Gasteiger partial charge in [-0.25, -0.2) is 0 Å². The summed E-state index contributed by atoms with van der Waals surface area (Å²) in [6.07, 6.45) is 0. The Kier molecular flexibility index (Phi) is 7.32. The minimum absolute atomic E-state index is 0.455. The van der Waals surface area contributed by atoms with Gasteiger partial charge in [-0.1, -0.05) is 176 Å². The van der Waals surface area contributed by atoms with Gasteiger partial charge in [-0.05, 0) is 98.6 Å². The third-order valence-electron chi connectivity index (χ3n) is 14.0. The molecular formula is C61H38N2O. The number of furan rings is 1. The Morgan fingerprint density at radius 2 is 0.906 bits per heavy atom. The zero-order chi connectivity index (χ0) is 41.9. The molecule has 2 aliphatic rings. The van der Waals surface area contributed by atoms with Crippen LogP contribution in [-0.4, -0.2) is 4.57 Å². The number of benzene rings is 10. The molecule has 3 nitrogen and oxygen atoms in total. The van der Waals surface area contributed by atoms with E-state index in [0.717, 1.165) is 55.7 Å². The molecule has 0 unspecified atom stereocenters. The van der Waals surface area contributed by atoms with Crippen LogP contribution in [0.25, 0.3) is 82.8 Å². The van der Waals surface area contributed by atoms with Crippen molar-refractivity contribution >= 4 is 60.8 Å². The van der Waals surface area contributed by atoms with Crippen molar-refractivity contribution in [2.75, 3.05) is 4.90 Å². The highest BCUT2D eigenvalue weighted by atomic mass is 16.3. The van der Waals surface area contributed by atoms with Crippen molar-refractivity contribution in [2.45, 2.75) is 5.41 Å². The Hall–Kier alpha value is -8.40. The SMILES string of the molecule is c1ccc(-c2ccc(N(c3ccc4c(c3)oc3c(-n5c6ccccc6c6ccccc65)cccc34)c3cccc4c3-c3ccccc3C43c4ccccc4-c4ccccc43)cc2)cc1. The van der Waals surface area contributed by atoms with Crippen molar-refractivity contribution in [3.8, 4) is 39.1 Å². The van der Waals surface area contributed by atoms with E-state index in [1.807, 2.05) is 0 Å². The molecule has 0 N–H and O–H groups in total. The Balaban J connectivity index is 1.01. The van der Waals surface area contributed by atoms with E-state index in [-0.39, 0.29) is 0 Å². The van der Waals surface area contributed by atoms with Gasteiger partial charge in [0, 0.05) is 44.5 Å². The molecule has 10 aromatic carbocycles. The second-order valence-electron chi connectivity index (χ2n) is 17.1.